The van der Waals surface area contributed by atoms with Crippen molar-refractivity contribution in [3.63, 3.8) is 0 Å². The maximum absolute atomic E-state index is 6.05. The van der Waals surface area contributed by atoms with E-state index in [-0.39, 0.29) is 0 Å². The van der Waals surface area contributed by atoms with Crippen molar-refractivity contribution in [2.24, 2.45) is 0 Å². The molecule has 1 aliphatic rings. The monoisotopic (exact) mass is 254 g/mol. The molecule has 0 aromatic carbocycles. The predicted molar refractivity (Wildman–Crippen MR) is 74.1 cm³/mol. The van der Waals surface area contributed by atoms with Crippen LogP contribution in [0.2, 0.25) is 0 Å². The number of anilines is 1. The lowest BCUT2D eigenvalue weighted by molar-refractivity contribution is 0.122. The highest BCUT2D eigenvalue weighted by atomic mass is 16.5. The fourth-order valence-corrected chi connectivity index (χ4v) is 2.47. The highest BCUT2D eigenvalue weighted by Gasteiger charge is 2.21. The Hall–Kier alpha value is -2.30. The van der Waals surface area contributed by atoms with Crippen LogP contribution in [0.15, 0.2) is 24.5 Å². The molecule has 3 N–H and O–H groups in total. The number of nitrogens with one attached hydrogen (secondary N) is 1. The summed E-state index contributed by atoms with van der Waals surface area (Å²) in [4.78, 5) is 11.7. The smallest absolute Gasteiger partial charge is 0.142 e. The van der Waals surface area contributed by atoms with Crippen molar-refractivity contribution < 1.29 is 4.74 Å². The normalized spacial score (nSPS) is 15.8. The molecule has 0 unspecified atom stereocenters. The highest BCUT2D eigenvalue weighted by Crippen LogP contribution is 2.35. The number of nitrogen functional groups attached to an aromatic ring is 1. The summed E-state index contributed by atoms with van der Waals surface area (Å²) >= 11 is 0. The molecule has 5 nitrogen and oxygen atoms in total. The zero-order valence-corrected chi connectivity index (χ0v) is 10.4. The minimum Gasteiger partial charge on any atom is -0.490 e. The maximum Gasteiger partial charge on any atom is 0.142 e. The highest BCUT2D eigenvalue weighted by molar-refractivity contribution is 6.09. The van der Waals surface area contributed by atoms with Crippen LogP contribution in [0.4, 0.5) is 5.82 Å². The van der Waals surface area contributed by atoms with Gasteiger partial charge >= 0.3 is 0 Å². The van der Waals surface area contributed by atoms with E-state index in [2.05, 4.69) is 15.0 Å². The molecule has 3 aromatic heterocycles. The molecular formula is C14H14N4O. The number of H-pyrrole nitrogens is 1. The van der Waals surface area contributed by atoms with Crippen LogP contribution in [-0.4, -0.2) is 21.1 Å². The molecule has 0 saturated heterocycles. The van der Waals surface area contributed by atoms with Gasteiger partial charge in [-0.25, -0.2) is 9.97 Å². The number of aromatic amines is 1. The summed E-state index contributed by atoms with van der Waals surface area (Å²) in [5, 5.41) is 2.02. The largest absolute Gasteiger partial charge is 0.490 e. The van der Waals surface area contributed by atoms with Crippen molar-refractivity contribution in [1.29, 1.82) is 0 Å². The van der Waals surface area contributed by atoms with Crippen LogP contribution < -0.4 is 10.5 Å². The van der Waals surface area contributed by atoms with Gasteiger partial charge in [-0.15, -0.1) is 0 Å². The number of hydrogen-bond donors (Lipinski definition) is 2. The second kappa shape index (κ2) is 3.85. The van der Waals surface area contributed by atoms with E-state index in [0.717, 1.165) is 40.5 Å². The van der Waals surface area contributed by atoms with Gasteiger partial charge in [-0.3, -0.25) is 0 Å². The fraction of sp³-hybridized carbons (Fsp3) is 0.286. The van der Waals surface area contributed by atoms with E-state index in [1.165, 1.54) is 6.42 Å². The number of pyridine rings is 2. The minimum absolute atomic E-state index is 0.342. The quantitative estimate of drug-likeness (QED) is 0.737. The number of hydrogen-bond acceptors (Lipinski definition) is 4. The second-order valence-corrected chi connectivity index (χ2v) is 4.98. The van der Waals surface area contributed by atoms with Crippen molar-refractivity contribution in [3.05, 3.63) is 24.5 Å². The van der Waals surface area contributed by atoms with E-state index in [4.69, 9.17) is 10.5 Å². The van der Waals surface area contributed by atoms with Crippen LogP contribution in [0.25, 0.3) is 21.9 Å². The first kappa shape index (κ1) is 10.6. The molecule has 0 amide bonds. The Morgan fingerprint density at radius 3 is 3.00 bits per heavy atom. The summed E-state index contributed by atoms with van der Waals surface area (Å²) in [6, 6.07) is 3.79. The molecule has 0 atom stereocenters. The summed E-state index contributed by atoms with van der Waals surface area (Å²) in [5.74, 6) is 1.39. The SMILES string of the molecule is Nc1cc2c(cn1)[nH]c1nccc(OC3CCC3)c12. The van der Waals surface area contributed by atoms with Crippen LogP contribution in [0.5, 0.6) is 5.75 Å². The minimum atomic E-state index is 0.342. The van der Waals surface area contributed by atoms with Gasteiger partial charge in [-0.05, 0) is 31.4 Å². The average Bonchev–Trinajstić information content (AvgIpc) is 2.72. The van der Waals surface area contributed by atoms with Gasteiger partial charge in [0.25, 0.3) is 0 Å². The van der Waals surface area contributed by atoms with Gasteiger partial charge in [0, 0.05) is 11.6 Å². The van der Waals surface area contributed by atoms with E-state index in [0.29, 0.717) is 11.9 Å². The van der Waals surface area contributed by atoms with Gasteiger partial charge in [-0.2, -0.15) is 0 Å². The average molecular weight is 254 g/mol. The molecule has 1 fully saturated rings. The maximum atomic E-state index is 6.05. The lowest BCUT2D eigenvalue weighted by atomic mass is 9.96. The molecule has 1 saturated carbocycles. The van der Waals surface area contributed by atoms with Gasteiger partial charge in [-0.1, -0.05) is 0 Å². The van der Waals surface area contributed by atoms with Gasteiger partial charge in [0.1, 0.15) is 17.2 Å². The Labute approximate surface area is 109 Å². The summed E-state index contributed by atoms with van der Waals surface area (Å²) in [6.07, 6.45) is 7.37. The van der Waals surface area contributed by atoms with E-state index in [1.807, 2.05) is 12.1 Å². The van der Waals surface area contributed by atoms with E-state index in [1.54, 1.807) is 12.4 Å². The third-order valence-corrected chi connectivity index (χ3v) is 3.71. The first-order chi connectivity index (χ1) is 9.31. The Balaban J connectivity index is 1.96. The van der Waals surface area contributed by atoms with E-state index >= 15 is 0 Å². The molecule has 3 heterocycles. The lowest BCUT2D eigenvalue weighted by Crippen LogP contribution is -2.24. The van der Waals surface area contributed by atoms with E-state index < -0.39 is 0 Å². The van der Waals surface area contributed by atoms with Crippen molar-refractivity contribution in [2.75, 3.05) is 5.73 Å². The van der Waals surface area contributed by atoms with Crippen LogP contribution in [0.3, 0.4) is 0 Å². The zero-order valence-electron chi connectivity index (χ0n) is 10.4. The van der Waals surface area contributed by atoms with E-state index in [9.17, 15) is 0 Å². The zero-order chi connectivity index (χ0) is 12.8. The van der Waals surface area contributed by atoms with Gasteiger partial charge in [0.2, 0.25) is 0 Å². The Kier molecular flexibility index (Phi) is 2.15. The summed E-state index contributed by atoms with van der Waals surface area (Å²) in [7, 11) is 0. The van der Waals surface area contributed by atoms with Crippen LogP contribution >= 0.6 is 0 Å². The third kappa shape index (κ3) is 1.62. The van der Waals surface area contributed by atoms with Crippen LogP contribution in [0, 0.1) is 0 Å². The molecular weight excluding hydrogens is 240 g/mol. The molecule has 1 aliphatic carbocycles. The fourth-order valence-electron chi connectivity index (χ4n) is 2.47. The summed E-state index contributed by atoms with van der Waals surface area (Å²) in [6.45, 7) is 0. The Bertz CT molecular complexity index is 761. The number of nitrogens with zero attached hydrogens (tertiary/aromatic N) is 2. The Morgan fingerprint density at radius 1 is 1.32 bits per heavy atom. The number of aromatic nitrogens is 3. The van der Waals surface area contributed by atoms with Crippen molar-refractivity contribution in [2.45, 2.75) is 25.4 Å². The lowest BCUT2D eigenvalue weighted by Gasteiger charge is -2.26. The van der Waals surface area contributed by atoms with Crippen molar-refractivity contribution >= 4 is 27.8 Å². The number of fused-ring (bicyclic) bond motifs is 3. The predicted octanol–water partition coefficient (Wildman–Crippen LogP) is 2.62. The second-order valence-electron chi connectivity index (χ2n) is 4.98. The molecule has 19 heavy (non-hydrogen) atoms. The van der Waals surface area contributed by atoms with Gasteiger partial charge < -0.3 is 15.5 Å². The Morgan fingerprint density at radius 2 is 2.21 bits per heavy atom. The molecule has 0 aliphatic heterocycles. The molecule has 3 aromatic rings. The summed E-state index contributed by atoms with van der Waals surface area (Å²) in [5.41, 5.74) is 7.53. The first-order valence-corrected chi connectivity index (χ1v) is 6.50. The molecule has 0 spiro atoms. The molecule has 0 radical (unpaired) electrons. The first-order valence-electron chi connectivity index (χ1n) is 6.50. The van der Waals surface area contributed by atoms with Crippen molar-refractivity contribution in [3.8, 4) is 5.75 Å². The number of ether oxygens (including phenoxy) is 1. The molecule has 4 rings (SSSR count). The standard InChI is InChI=1S/C14H14N4O/c15-12-6-9-10(7-17-12)18-14-13(9)11(4-5-16-14)19-8-2-1-3-8/h4-8H,1-3H2,(H2,15,17)(H,16,18). The number of nitrogens with two attached hydrogens (primary N) is 1. The number of rotatable bonds is 2. The van der Waals surface area contributed by atoms with Gasteiger partial charge in [0.15, 0.2) is 0 Å². The molecule has 96 valence electrons. The molecule has 0 bridgehead atoms. The third-order valence-electron chi connectivity index (χ3n) is 3.71. The summed E-state index contributed by atoms with van der Waals surface area (Å²) < 4.78 is 6.05. The van der Waals surface area contributed by atoms with Gasteiger partial charge in [0.05, 0.1) is 23.2 Å². The van der Waals surface area contributed by atoms with Crippen LogP contribution in [0.1, 0.15) is 19.3 Å². The topological polar surface area (TPSA) is 76.8 Å². The van der Waals surface area contributed by atoms with Crippen LogP contribution in [-0.2, 0) is 0 Å². The van der Waals surface area contributed by atoms with Crippen molar-refractivity contribution in [1.82, 2.24) is 15.0 Å². The molecule has 5 heteroatoms.